The van der Waals surface area contributed by atoms with Crippen LogP contribution < -0.4 is 10.1 Å². The number of nitrogens with one attached hydrogen (secondary N) is 1. The molecule has 0 unspecified atom stereocenters. The maximum atomic E-state index is 6.38. The van der Waals surface area contributed by atoms with Gasteiger partial charge in [-0.25, -0.2) is 0 Å². The minimum absolute atomic E-state index is 0.455. The van der Waals surface area contributed by atoms with Gasteiger partial charge in [-0.3, -0.25) is 4.98 Å². The summed E-state index contributed by atoms with van der Waals surface area (Å²) in [5.41, 5.74) is 3.09. The lowest BCUT2D eigenvalue weighted by molar-refractivity contribution is 0.413. The highest BCUT2D eigenvalue weighted by Crippen LogP contribution is 2.30. The molecule has 1 aromatic carbocycles. The second-order valence-electron chi connectivity index (χ2n) is 4.96. The third kappa shape index (κ3) is 3.71. The molecule has 0 aliphatic rings. The average molecular weight is 291 g/mol. The van der Waals surface area contributed by atoms with Gasteiger partial charge in [0.25, 0.3) is 0 Å². The number of benzene rings is 1. The Labute approximate surface area is 124 Å². The number of methoxy groups -OCH3 is 1. The Hall–Kier alpha value is -1.58. The first kappa shape index (κ1) is 14.8. The van der Waals surface area contributed by atoms with Gasteiger partial charge in [-0.2, -0.15) is 0 Å². The Morgan fingerprint density at radius 2 is 2.05 bits per heavy atom. The molecule has 3 nitrogen and oxygen atoms in total. The summed E-state index contributed by atoms with van der Waals surface area (Å²) < 4.78 is 5.19. The molecule has 0 radical (unpaired) electrons. The van der Waals surface area contributed by atoms with Crippen LogP contribution in [0.25, 0.3) is 11.1 Å². The van der Waals surface area contributed by atoms with Gasteiger partial charge in [0.1, 0.15) is 5.75 Å². The van der Waals surface area contributed by atoms with Crippen molar-refractivity contribution in [2.45, 2.75) is 26.4 Å². The predicted molar refractivity (Wildman–Crippen MR) is 83.2 cm³/mol. The minimum Gasteiger partial charge on any atom is -0.495 e. The quantitative estimate of drug-likeness (QED) is 0.906. The fourth-order valence-electron chi connectivity index (χ4n) is 1.90. The molecule has 0 saturated heterocycles. The number of pyridine rings is 1. The van der Waals surface area contributed by atoms with Crippen LogP contribution in [0, 0.1) is 0 Å². The lowest BCUT2D eigenvalue weighted by atomic mass is 10.1. The van der Waals surface area contributed by atoms with Crippen molar-refractivity contribution in [3.8, 4) is 16.9 Å². The van der Waals surface area contributed by atoms with E-state index in [1.807, 2.05) is 18.2 Å². The number of ether oxygens (including phenoxy) is 1. The van der Waals surface area contributed by atoms with Crippen LogP contribution in [0.1, 0.15) is 19.4 Å². The molecule has 0 fully saturated rings. The van der Waals surface area contributed by atoms with Gasteiger partial charge in [0.15, 0.2) is 0 Å². The number of hydrogen-bond acceptors (Lipinski definition) is 3. The van der Waals surface area contributed by atoms with Gasteiger partial charge in [-0.1, -0.05) is 37.6 Å². The average Bonchev–Trinajstić information content (AvgIpc) is 2.45. The molecule has 0 aliphatic carbocycles. The van der Waals surface area contributed by atoms with Crippen LogP contribution in [0.15, 0.2) is 36.7 Å². The Balaban J connectivity index is 2.24. The van der Waals surface area contributed by atoms with Crippen LogP contribution >= 0.6 is 11.6 Å². The van der Waals surface area contributed by atoms with E-state index < -0.39 is 0 Å². The summed E-state index contributed by atoms with van der Waals surface area (Å²) in [6, 6.07) is 8.48. The van der Waals surface area contributed by atoms with Crippen LogP contribution in [0.5, 0.6) is 5.75 Å². The van der Waals surface area contributed by atoms with Crippen molar-refractivity contribution < 1.29 is 4.74 Å². The molecular weight excluding hydrogens is 272 g/mol. The summed E-state index contributed by atoms with van der Waals surface area (Å²) in [5.74, 6) is 0.726. The molecule has 4 heteroatoms. The SMILES string of the molecule is COc1cncc(-c2ccc(CNC(C)C)cc2Cl)c1. The highest BCUT2D eigenvalue weighted by molar-refractivity contribution is 6.33. The normalized spacial score (nSPS) is 10.8. The third-order valence-corrected chi connectivity index (χ3v) is 3.32. The van der Waals surface area contributed by atoms with E-state index in [1.165, 1.54) is 5.56 Å². The van der Waals surface area contributed by atoms with E-state index in [2.05, 4.69) is 30.2 Å². The number of halogens is 1. The largest absolute Gasteiger partial charge is 0.495 e. The number of hydrogen-bond donors (Lipinski definition) is 1. The van der Waals surface area contributed by atoms with Gasteiger partial charge < -0.3 is 10.1 Å². The fourth-order valence-corrected chi connectivity index (χ4v) is 2.21. The molecule has 0 atom stereocenters. The molecule has 1 N–H and O–H groups in total. The maximum absolute atomic E-state index is 6.38. The highest BCUT2D eigenvalue weighted by atomic mass is 35.5. The second kappa shape index (κ2) is 6.73. The van der Waals surface area contributed by atoms with E-state index >= 15 is 0 Å². The van der Waals surface area contributed by atoms with Crippen molar-refractivity contribution in [3.63, 3.8) is 0 Å². The van der Waals surface area contributed by atoms with Crippen molar-refractivity contribution in [2.24, 2.45) is 0 Å². The van der Waals surface area contributed by atoms with Crippen molar-refractivity contribution >= 4 is 11.6 Å². The van der Waals surface area contributed by atoms with Gasteiger partial charge in [0, 0.05) is 34.9 Å². The molecule has 2 aromatic rings. The van der Waals surface area contributed by atoms with Gasteiger partial charge in [0.2, 0.25) is 0 Å². The summed E-state index contributed by atoms with van der Waals surface area (Å²) in [4.78, 5) is 4.16. The van der Waals surface area contributed by atoms with E-state index in [1.54, 1.807) is 19.5 Å². The van der Waals surface area contributed by atoms with Gasteiger partial charge >= 0.3 is 0 Å². The number of nitrogens with zero attached hydrogens (tertiary/aromatic N) is 1. The zero-order valence-corrected chi connectivity index (χ0v) is 12.7. The van der Waals surface area contributed by atoms with Crippen molar-refractivity contribution in [1.82, 2.24) is 10.3 Å². The molecule has 20 heavy (non-hydrogen) atoms. The Morgan fingerprint density at radius 1 is 1.25 bits per heavy atom. The molecule has 106 valence electrons. The Morgan fingerprint density at radius 3 is 2.70 bits per heavy atom. The summed E-state index contributed by atoms with van der Waals surface area (Å²) in [5, 5.41) is 4.10. The summed E-state index contributed by atoms with van der Waals surface area (Å²) in [6.45, 7) is 5.06. The first-order chi connectivity index (χ1) is 9.60. The van der Waals surface area contributed by atoms with Crippen molar-refractivity contribution in [2.75, 3.05) is 7.11 Å². The molecule has 1 heterocycles. The van der Waals surface area contributed by atoms with E-state index in [0.29, 0.717) is 6.04 Å². The lowest BCUT2D eigenvalue weighted by Crippen LogP contribution is -2.21. The van der Waals surface area contributed by atoms with E-state index in [-0.39, 0.29) is 0 Å². The van der Waals surface area contributed by atoms with Crippen LogP contribution in [0.2, 0.25) is 5.02 Å². The minimum atomic E-state index is 0.455. The zero-order chi connectivity index (χ0) is 14.5. The smallest absolute Gasteiger partial charge is 0.137 e. The van der Waals surface area contributed by atoms with Gasteiger partial charge in [0.05, 0.1) is 13.3 Å². The molecule has 0 amide bonds. The molecule has 0 saturated carbocycles. The monoisotopic (exact) mass is 290 g/mol. The molecular formula is C16H19ClN2O. The molecule has 0 spiro atoms. The van der Waals surface area contributed by atoms with Crippen molar-refractivity contribution in [3.05, 3.63) is 47.2 Å². The van der Waals surface area contributed by atoms with Crippen LogP contribution in [-0.4, -0.2) is 18.1 Å². The predicted octanol–water partition coefficient (Wildman–Crippen LogP) is 3.91. The Bertz CT molecular complexity index is 584. The zero-order valence-electron chi connectivity index (χ0n) is 12.0. The van der Waals surface area contributed by atoms with Crippen molar-refractivity contribution in [1.29, 1.82) is 0 Å². The van der Waals surface area contributed by atoms with E-state index in [9.17, 15) is 0 Å². The van der Waals surface area contributed by atoms with Crippen LogP contribution in [0.3, 0.4) is 0 Å². The van der Waals surface area contributed by atoms with Crippen LogP contribution in [0.4, 0.5) is 0 Å². The first-order valence-electron chi connectivity index (χ1n) is 6.61. The number of rotatable bonds is 5. The summed E-state index contributed by atoms with van der Waals surface area (Å²) in [7, 11) is 1.63. The van der Waals surface area contributed by atoms with Gasteiger partial charge in [-0.05, 0) is 17.7 Å². The van der Waals surface area contributed by atoms with E-state index in [0.717, 1.165) is 28.4 Å². The van der Waals surface area contributed by atoms with Gasteiger partial charge in [-0.15, -0.1) is 0 Å². The highest BCUT2D eigenvalue weighted by Gasteiger charge is 2.06. The topological polar surface area (TPSA) is 34.1 Å². The van der Waals surface area contributed by atoms with E-state index in [4.69, 9.17) is 16.3 Å². The molecule has 0 aliphatic heterocycles. The Kier molecular flexibility index (Phi) is 4.99. The third-order valence-electron chi connectivity index (χ3n) is 3.01. The maximum Gasteiger partial charge on any atom is 0.137 e. The first-order valence-corrected chi connectivity index (χ1v) is 6.99. The standard InChI is InChI=1S/C16H19ClN2O/c1-11(2)19-8-12-4-5-15(16(17)6-12)13-7-14(20-3)10-18-9-13/h4-7,9-11,19H,8H2,1-3H3. The molecule has 2 rings (SSSR count). The summed E-state index contributed by atoms with van der Waals surface area (Å²) >= 11 is 6.38. The second-order valence-corrected chi connectivity index (χ2v) is 5.37. The molecule has 1 aromatic heterocycles. The molecule has 0 bridgehead atoms. The lowest BCUT2D eigenvalue weighted by Gasteiger charge is -2.11. The fraction of sp³-hybridized carbons (Fsp3) is 0.312. The summed E-state index contributed by atoms with van der Waals surface area (Å²) in [6.07, 6.45) is 3.47. The van der Waals surface area contributed by atoms with Crippen LogP contribution in [-0.2, 0) is 6.54 Å². The number of aromatic nitrogens is 1.